The zero-order chi connectivity index (χ0) is 45.7. The van der Waals surface area contributed by atoms with Gasteiger partial charge >= 0.3 is 0 Å². The molecule has 0 aromatic heterocycles. The monoisotopic (exact) mass is 878 g/mol. The molecule has 2 heteroatoms. The highest BCUT2D eigenvalue weighted by Crippen LogP contribution is 2.58. The summed E-state index contributed by atoms with van der Waals surface area (Å²) in [7, 11) is 0. The molecule has 0 amide bonds. The first-order valence-electron chi connectivity index (χ1n) is 23.8. The summed E-state index contributed by atoms with van der Waals surface area (Å²) in [5.74, 6) is 0. The Kier molecular flexibility index (Phi) is 9.77. The van der Waals surface area contributed by atoms with E-state index in [0.717, 1.165) is 34.0 Å². The van der Waals surface area contributed by atoms with E-state index in [-0.39, 0.29) is 0 Å². The normalized spacial score (nSPS) is 12.7. The Morgan fingerprint density at radius 1 is 0.261 bits per heavy atom. The molecular formula is C67H46N2. The van der Waals surface area contributed by atoms with Crippen molar-refractivity contribution in [2.45, 2.75) is 5.41 Å². The molecule has 11 aromatic rings. The number of rotatable bonds is 8. The number of benzene rings is 11. The maximum atomic E-state index is 2.45. The Bertz CT molecular complexity index is 3600. The van der Waals surface area contributed by atoms with Crippen molar-refractivity contribution in [2.24, 2.45) is 0 Å². The number of para-hydroxylation sites is 2. The molecule has 0 radical (unpaired) electrons. The summed E-state index contributed by atoms with van der Waals surface area (Å²) < 4.78 is 0. The molecule has 0 N–H and O–H groups in total. The van der Waals surface area contributed by atoms with Crippen LogP contribution in [0, 0.1) is 0 Å². The van der Waals surface area contributed by atoms with Gasteiger partial charge in [-0.15, -0.1) is 0 Å². The third-order valence-corrected chi connectivity index (χ3v) is 14.3. The molecule has 0 fully saturated rings. The predicted molar refractivity (Wildman–Crippen MR) is 288 cm³/mol. The molecule has 324 valence electrons. The largest absolute Gasteiger partial charge is 0.310 e. The fraction of sp³-hybridized carbons (Fsp3) is 0.0149. The molecule has 2 nitrogen and oxygen atoms in total. The van der Waals surface area contributed by atoms with Gasteiger partial charge in [-0.3, -0.25) is 0 Å². The molecule has 0 unspecified atom stereocenters. The van der Waals surface area contributed by atoms with Crippen LogP contribution in [0.4, 0.5) is 34.1 Å². The number of hydrogen-bond donors (Lipinski definition) is 0. The van der Waals surface area contributed by atoms with Crippen LogP contribution in [0.25, 0.3) is 55.6 Å². The van der Waals surface area contributed by atoms with E-state index in [0.29, 0.717) is 0 Å². The summed E-state index contributed by atoms with van der Waals surface area (Å²) in [4.78, 5) is 4.84. The number of fused-ring (bicyclic) bond motifs is 8. The minimum Gasteiger partial charge on any atom is -0.310 e. The first-order chi connectivity index (χ1) is 34.2. The van der Waals surface area contributed by atoms with Gasteiger partial charge in [0.1, 0.15) is 0 Å². The Morgan fingerprint density at radius 3 is 1.33 bits per heavy atom. The minimum absolute atomic E-state index is 0.515. The van der Waals surface area contributed by atoms with Gasteiger partial charge in [0.2, 0.25) is 0 Å². The van der Waals surface area contributed by atoms with E-state index in [9.17, 15) is 0 Å². The highest BCUT2D eigenvalue weighted by molar-refractivity contribution is 6.03. The molecule has 0 saturated heterocycles. The maximum Gasteiger partial charge on any atom is 0.0714 e. The van der Waals surface area contributed by atoms with Crippen LogP contribution in [0.15, 0.2) is 279 Å². The third kappa shape index (κ3) is 6.64. The van der Waals surface area contributed by atoms with Crippen LogP contribution >= 0.6 is 0 Å². The van der Waals surface area contributed by atoms with Crippen molar-refractivity contribution in [3.8, 4) is 55.6 Å². The van der Waals surface area contributed by atoms with Crippen LogP contribution in [0.1, 0.15) is 22.3 Å². The molecule has 1 aliphatic heterocycles. The van der Waals surface area contributed by atoms with Crippen molar-refractivity contribution in [1.82, 2.24) is 0 Å². The Hall–Kier alpha value is -8.98. The second-order valence-corrected chi connectivity index (χ2v) is 18.0. The lowest BCUT2D eigenvalue weighted by Gasteiger charge is -2.35. The second-order valence-electron chi connectivity index (χ2n) is 18.0. The summed E-state index contributed by atoms with van der Waals surface area (Å²) in [5.41, 5.74) is 23.4. The van der Waals surface area contributed by atoms with Gasteiger partial charge in [0.05, 0.1) is 16.8 Å². The summed E-state index contributed by atoms with van der Waals surface area (Å²) in [6.07, 6.45) is 0. The summed E-state index contributed by atoms with van der Waals surface area (Å²) in [6, 6.07) is 102. The molecular weight excluding hydrogens is 833 g/mol. The van der Waals surface area contributed by atoms with Crippen LogP contribution < -0.4 is 9.80 Å². The topological polar surface area (TPSA) is 6.48 Å². The summed E-state index contributed by atoms with van der Waals surface area (Å²) in [6.45, 7) is 0. The fourth-order valence-electron chi connectivity index (χ4n) is 11.2. The van der Waals surface area contributed by atoms with Gasteiger partial charge in [0.25, 0.3) is 0 Å². The molecule has 11 aromatic carbocycles. The fourth-order valence-corrected chi connectivity index (χ4v) is 11.2. The molecule has 0 spiro atoms. The first-order valence-corrected chi connectivity index (χ1v) is 23.8. The number of hydrogen-bond acceptors (Lipinski definition) is 2. The standard InChI is InChI=1S/C67H46N2/c1-5-19-47(20-6-1)48-33-38-54(39-34-48)68(56-42-43-60-59-29-15-17-31-63(59)67(64(60)46-56,51-21-7-2-8-22-51)52-23-9-3-10-24-52)55-40-35-49(36-41-55)50-37-44-66-62(45-50)58-28-14-13-27-57(58)61-30-16-18-32-65(61)69(66)53-25-11-4-12-26-53/h1-46H. The minimum atomic E-state index is -0.515. The zero-order valence-electron chi connectivity index (χ0n) is 38.0. The first kappa shape index (κ1) is 40.3. The van der Waals surface area contributed by atoms with E-state index < -0.39 is 5.41 Å². The summed E-state index contributed by atoms with van der Waals surface area (Å²) >= 11 is 0. The average molecular weight is 879 g/mol. The van der Waals surface area contributed by atoms with Crippen molar-refractivity contribution < 1.29 is 0 Å². The molecule has 2 aliphatic rings. The van der Waals surface area contributed by atoms with Gasteiger partial charge in [-0.1, -0.05) is 212 Å². The van der Waals surface area contributed by atoms with Crippen molar-refractivity contribution in [1.29, 1.82) is 0 Å². The maximum absolute atomic E-state index is 2.45. The lowest BCUT2D eigenvalue weighted by molar-refractivity contribution is 0.768. The van der Waals surface area contributed by atoms with E-state index in [1.165, 1.54) is 78.0 Å². The van der Waals surface area contributed by atoms with Crippen molar-refractivity contribution in [3.63, 3.8) is 0 Å². The Labute approximate surface area is 404 Å². The van der Waals surface area contributed by atoms with Gasteiger partial charge in [0, 0.05) is 33.9 Å². The van der Waals surface area contributed by atoms with Gasteiger partial charge in [-0.25, -0.2) is 0 Å². The van der Waals surface area contributed by atoms with Gasteiger partial charge in [-0.05, 0) is 133 Å². The molecule has 0 atom stereocenters. The van der Waals surface area contributed by atoms with Crippen molar-refractivity contribution >= 4 is 34.1 Å². The van der Waals surface area contributed by atoms with E-state index in [1.54, 1.807) is 0 Å². The van der Waals surface area contributed by atoms with E-state index in [1.807, 2.05) is 0 Å². The van der Waals surface area contributed by atoms with Crippen LogP contribution in [0.3, 0.4) is 0 Å². The lowest BCUT2D eigenvalue weighted by atomic mass is 9.67. The van der Waals surface area contributed by atoms with E-state index in [4.69, 9.17) is 0 Å². The van der Waals surface area contributed by atoms with Crippen molar-refractivity contribution in [3.05, 3.63) is 301 Å². The molecule has 0 saturated carbocycles. The number of nitrogens with zero attached hydrogens (tertiary/aromatic N) is 2. The molecule has 69 heavy (non-hydrogen) atoms. The molecule has 13 rings (SSSR count). The van der Waals surface area contributed by atoms with Gasteiger partial charge in [0.15, 0.2) is 0 Å². The third-order valence-electron chi connectivity index (χ3n) is 14.3. The Morgan fingerprint density at radius 2 is 0.696 bits per heavy atom. The Balaban J connectivity index is 0.962. The van der Waals surface area contributed by atoms with Crippen LogP contribution in [-0.2, 0) is 5.41 Å². The quantitative estimate of drug-likeness (QED) is 0.150. The molecule has 0 bridgehead atoms. The van der Waals surface area contributed by atoms with Crippen LogP contribution in [-0.4, -0.2) is 0 Å². The van der Waals surface area contributed by atoms with Crippen LogP contribution in [0.2, 0.25) is 0 Å². The second kappa shape index (κ2) is 16.7. The highest BCUT2D eigenvalue weighted by atomic mass is 15.2. The van der Waals surface area contributed by atoms with Gasteiger partial charge < -0.3 is 9.80 Å². The predicted octanol–water partition coefficient (Wildman–Crippen LogP) is 18.0. The van der Waals surface area contributed by atoms with Crippen molar-refractivity contribution in [2.75, 3.05) is 9.80 Å². The smallest absolute Gasteiger partial charge is 0.0714 e. The van der Waals surface area contributed by atoms with Crippen LogP contribution in [0.5, 0.6) is 0 Å². The highest BCUT2D eigenvalue weighted by Gasteiger charge is 2.46. The van der Waals surface area contributed by atoms with Gasteiger partial charge in [-0.2, -0.15) is 0 Å². The summed E-state index contributed by atoms with van der Waals surface area (Å²) in [5, 5.41) is 0. The lowest BCUT2D eigenvalue weighted by Crippen LogP contribution is -2.28. The number of anilines is 6. The molecule has 1 heterocycles. The molecule has 1 aliphatic carbocycles. The van der Waals surface area contributed by atoms with E-state index in [2.05, 4.69) is 289 Å². The van der Waals surface area contributed by atoms with E-state index >= 15 is 0 Å². The SMILES string of the molecule is c1ccc(-c2ccc(N(c3ccc(-c4ccc5c(c4)-c4ccccc4-c4ccccc4N5c4ccccc4)cc3)c3ccc4c(c3)C(c3ccccc3)(c3ccccc3)c3ccccc3-4)cc2)cc1. The zero-order valence-corrected chi connectivity index (χ0v) is 38.0. The average Bonchev–Trinajstić information content (AvgIpc) is 3.66.